The fraction of sp³-hybridized carbons (Fsp3) is 0.115. The Morgan fingerprint density at radius 2 is 1.52 bits per heavy atom. The van der Waals surface area contributed by atoms with Crippen molar-refractivity contribution >= 4 is 23.1 Å². The van der Waals surface area contributed by atoms with Crippen molar-refractivity contribution in [3.05, 3.63) is 101 Å². The third-order valence-corrected chi connectivity index (χ3v) is 5.31. The summed E-state index contributed by atoms with van der Waals surface area (Å²) < 4.78 is 32.7. The summed E-state index contributed by atoms with van der Waals surface area (Å²) in [5, 5.41) is 2.63. The lowest BCUT2D eigenvalue weighted by atomic mass is 10.0. The van der Waals surface area contributed by atoms with Crippen molar-refractivity contribution < 1.29 is 18.3 Å². The molecule has 0 fully saturated rings. The van der Waals surface area contributed by atoms with Crippen molar-refractivity contribution in [3.8, 4) is 11.5 Å². The average molecular weight is 417 g/mol. The van der Waals surface area contributed by atoms with Gasteiger partial charge >= 0.3 is 0 Å². The fourth-order valence-corrected chi connectivity index (χ4v) is 3.67. The molecule has 3 nitrogen and oxygen atoms in total. The molecular formula is C26H21F2NO2. The molecule has 0 bridgehead atoms. The van der Waals surface area contributed by atoms with E-state index in [1.54, 1.807) is 25.2 Å². The molecule has 0 radical (unpaired) electrons. The molecule has 0 aliphatic heterocycles. The summed E-state index contributed by atoms with van der Waals surface area (Å²) >= 11 is 0. The van der Waals surface area contributed by atoms with Crippen LogP contribution in [0.2, 0.25) is 0 Å². The van der Waals surface area contributed by atoms with E-state index in [9.17, 15) is 13.6 Å². The summed E-state index contributed by atoms with van der Waals surface area (Å²) in [6.45, 7) is 1.95. The summed E-state index contributed by atoms with van der Waals surface area (Å²) in [5.74, 6) is 0.426. The molecule has 0 heterocycles. The van der Waals surface area contributed by atoms with Crippen LogP contribution < -0.4 is 10.1 Å². The third kappa shape index (κ3) is 4.40. The maximum Gasteiger partial charge on any atom is 0.224 e. The van der Waals surface area contributed by atoms with Gasteiger partial charge in [-0.3, -0.25) is 4.79 Å². The molecule has 156 valence electrons. The van der Waals surface area contributed by atoms with Gasteiger partial charge in [0.2, 0.25) is 5.91 Å². The van der Waals surface area contributed by atoms with Crippen molar-refractivity contribution in [2.45, 2.75) is 13.3 Å². The highest BCUT2D eigenvalue weighted by molar-refractivity contribution is 6.08. The maximum atomic E-state index is 13.9. The van der Waals surface area contributed by atoms with Gasteiger partial charge in [0.25, 0.3) is 0 Å². The minimum absolute atomic E-state index is 0.117. The first kappa shape index (κ1) is 20.5. The van der Waals surface area contributed by atoms with Crippen LogP contribution in [0.3, 0.4) is 0 Å². The molecule has 0 unspecified atom stereocenters. The normalized spacial score (nSPS) is 14.0. The molecule has 3 aromatic carbocycles. The lowest BCUT2D eigenvalue weighted by Crippen LogP contribution is -2.17. The van der Waals surface area contributed by atoms with E-state index >= 15 is 0 Å². The molecule has 31 heavy (non-hydrogen) atoms. The van der Waals surface area contributed by atoms with Gasteiger partial charge in [0.05, 0.1) is 6.42 Å². The Labute approximate surface area is 179 Å². The zero-order chi connectivity index (χ0) is 22.0. The summed E-state index contributed by atoms with van der Waals surface area (Å²) in [7, 11) is 1.59. The summed E-state index contributed by atoms with van der Waals surface area (Å²) in [5.41, 5.74) is 5.35. The van der Waals surface area contributed by atoms with Gasteiger partial charge in [0.1, 0.15) is 23.1 Å². The first-order chi connectivity index (χ1) is 14.9. The molecule has 0 spiro atoms. The SMILES string of the molecule is CNC(=O)CC1=C(C)/C(=C/c2ccc(Oc3ccc(F)cc3)cc2)c2ccc(F)cc21. The Balaban J connectivity index is 1.64. The van der Waals surface area contributed by atoms with Gasteiger partial charge < -0.3 is 10.1 Å². The second kappa shape index (κ2) is 8.56. The van der Waals surface area contributed by atoms with Crippen molar-refractivity contribution in [1.82, 2.24) is 5.32 Å². The molecule has 1 amide bonds. The fourth-order valence-electron chi connectivity index (χ4n) is 3.67. The number of nitrogens with one attached hydrogen (secondary N) is 1. The van der Waals surface area contributed by atoms with E-state index < -0.39 is 0 Å². The van der Waals surface area contributed by atoms with Crippen molar-refractivity contribution in [2.75, 3.05) is 7.05 Å². The van der Waals surface area contributed by atoms with Crippen LogP contribution in [0.1, 0.15) is 30.0 Å². The lowest BCUT2D eigenvalue weighted by molar-refractivity contribution is -0.119. The predicted octanol–water partition coefficient (Wildman–Crippen LogP) is 6.22. The van der Waals surface area contributed by atoms with Gasteiger partial charge in [-0.2, -0.15) is 0 Å². The number of carbonyl (C=O) groups excluding carboxylic acids is 1. The summed E-state index contributed by atoms with van der Waals surface area (Å²) in [6.07, 6.45) is 2.21. The highest BCUT2D eigenvalue weighted by atomic mass is 19.1. The van der Waals surface area contributed by atoms with Gasteiger partial charge in [0, 0.05) is 7.05 Å². The minimum Gasteiger partial charge on any atom is -0.457 e. The number of halogens is 2. The molecule has 0 aromatic heterocycles. The van der Waals surface area contributed by atoms with Gasteiger partial charge in [-0.05, 0) is 94.9 Å². The highest BCUT2D eigenvalue weighted by Gasteiger charge is 2.25. The van der Waals surface area contributed by atoms with Crippen molar-refractivity contribution in [3.63, 3.8) is 0 Å². The molecule has 4 rings (SSSR count). The van der Waals surface area contributed by atoms with Crippen LogP contribution in [0, 0.1) is 11.6 Å². The van der Waals surface area contributed by atoms with E-state index in [1.807, 2.05) is 37.3 Å². The van der Waals surface area contributed by atoms with E-state index in [0.717, 1.165) is 33.4 Å². The zero-order valence-electron chi connectivity index (χ0n) is 17.2. The first-order valence-corrected chi connectivity index (χ1v) is 9.91. The standard InChI is InChI=1S/C26H21F2NO2/c1-16-23(22-12-7-19(28)14-25(22)24(16)15-26(30)29-2)13-17-3-8-20(9-4-17)31-21-10-5-18(27)6-11-21/h3-14H,15H2,1-2H3,(H,29,30)/b23-13-. The van der Waals surface area contributed by atoms with Crippen LogP contribution >= 0.6 is 0 Å². The summed E-state index contributed by atoms with van der Waals surface area (Å²) in [4.78, 5) is 12.0. The van der Waals surface area contributed by atoms with Crippen molar-refractivity contribution in [2.24, 2.45) is 0 Å². The third-order valence-electron chi connectivity index (χ3n) is 5.31. The number of hydrogen-bond acceptors (Lipinski definition) is 2. The molecule has 0 saturated heterocycles. The number of fused-ring (bicyclic) bond motifs is 1. The van der Waals surface area contributed by atoms with Gasteiger partial charge in [0.15, 0.2) is 0 Å². The summed E-state index contributed by atoms with van der Waals surface area (Å²) in [6, 6.07) is 18.0. The second-order valence-electron chi connectivity index (χ2n) is 7.33. The molecule has 1 aliphatic rings. The van der Waals surface area contributed by atoms with Crippen LogP contribution in [0.25, 0.3) is 17.2 Å². The predicted molar refractivity (Wildman–Crippen MR) is 118 cm³/mol. The van der Waals surface area contributed by atoms with Gasteiger partial charge in [-0.1, -0.05) is 18.2 Å². The Morgan fingerprint density at radius 3 is 2.16 bits per heavy atom. The Bertz CT molecular complexity index is 1190. The van der Waals surface area contributed by atoms with E-state index in [1.165, 1.54) is 24.3 Å². The number of carbonyl (C=O) groups is 1. The number of allylic oxidation sites excluding steroid dienone is 2. The maximum absolute atomic E-state index is 13.9. The highest BCUT2D eigenvalue weighted by Crippen LogP contribution is 2.43. The van der Waals surface area contributed by atoms with E-state index in [-0.39, 0.29) is 24.0 Å². The molecule has 3 aromatic rings. The smallest absolute Gasteiger partial charge is 0.224 e. The molecule has 0 saturated carbocycles. The van der Waals surface area contributed by atoms with Gasteiger partial charge in [-0.25, -0.2) is 8.78 Å². The number of amides is 1. The Morgan fingerprint density at radius 1 is 0.903 bits per heavy atom. The van der Waals surface area contributed by atoms with Crippen molar-refractivity contribution in [1.29, 1.82) is 0 Å². The topological polar surface area (TPSA) is 38.3 Å². The van der Waals surface area contributed by atoms with Crippen LogP contribution in [0.4, 0.5) is 8.78 Å². The number of hydrogen-bond donors (Lipinski definition) is 1. The van der Waals surface area contributed by atoms with Crippen LogP contribution in [0.5, 0.6) is 11.5 Å². The number of benzene rings is 3. The Hall–Kier alpha value is -3.73. The van der Waals surface area contributed by atoms with Gasteiger partial charge in [-0.15, -0.1) is 0 Å². The van der Waals surface area contributed by atoms with Crippen LogP contribution in [-0.2, 0) is 4.79 Å². The number of ether oxygens (including phenoxy) is 1. The molecule has 5 heteroatoms. The molecule has 0 atom stereocenters. The van der Waals surface area contributed by atoms with Crippen LogP contribution in [0.15, 0.2) is 72.3 Å². The number of rotatable bonds is 5. The molecule has 1 N–H and O–H groups in total. The average Bonchev–Trinajstić information content (AvgIpc) is 3.01. The monoisotopic (exact) mass is 417 g/mol. The van der Waals surface area contributed by atoms with E-state index in [4.69, 9.17) is 4.74 Å². The zero-order valence-corrected chi connectivity index (χ0v) is 17.2. The lowest BCUT2D eigenvalue weighted by Gasteiger charge is -2.07. The first-order valence-electron chi connectivity index (χ1n) is 9.91. The minimum atomic E-state index is -0.329. The second-order valence-corrected chi connectivity index (χ2v) is 7.33. The Kier molecular flexibility index (Phi) is 5.67. The van der Waals surface area contributed by atoms with E-state index in [0.29, 0.717) is 11.5 Å². The van der Waals surface area contributed by atoms with Crippen LogP contribution in [-0.4, -0.2) is 13.0 Å². The largest absolute Gasteiger partial charge is 0.457 e. The van der Waals surface area contributed by atoms with E-state index in [2.05, 4.69) is 5.32 Å². The quantitative estimate of drug-likeness (QED) is 0.535. The molecule has 1 aliphatic carbocycles. The molecular weight excluding hydrogens is 396 g/mol.